The average Bonchev–Trinajstić information content (AvgIpc) is 3.41. The van der Waals surface area contributed by atoms with E-state index in [0.29, 0.717) is 30.2 Å². The van der Waals surface area contributed by atoms with E-state index in [1.165, 1.54) is 18.7 Å². The van der Waals surface area contributed by atoms with Crippen molar-refractivity contribution in [2.45, 2.75) is 75.9 Å². The molecule has 3 rings (SSSR count). The van der Waals surface area contributed by atoms with Crippen LogP contribution in [0.2, 0.25) is 0 Å². The van der Waals surface area contributed by atoms with Gasteiger partial charge in [0.2, 0.25) is 0 Å². The van der Waals surface area contributed by atoms with Gasteiger partial charge in [-0.15, -0.1) is 11.3 Å². The number of likely N-dealkylation sites (tertiary alicyclic amines) is 1. The maximum absolute atomic E-state index is 14.1. The van der Waals surface area contributed by atoms with Gasteiger partial charge in [0, 0.05) is 36.8 Å². The molecule has 1 fully saturated rings. The molecule has 1 aliphatic heterocycles. The van der Waals surface area contributed by atoms with Gasteiger partial charge >= 0.3 is 18.5 Å². The predicted molar refractivity (Wildman–Crippen MR) is 126 cm³/mol. The van der Waals surface area contributed by atoms with Crippen molar-refractivity contribution in [3.8, 4) is 10.4 Å². The topological polar surface area (TPSA) is 85.7 Å². The minimum absolute atomic E-state index is 0.0321. The van der Waals surface area contributed by atoms with E-state index in [4.69, 9.17) is 0 Å². The lowest BCUT2D eigenvalue weighted by atomic mass is 9.88. The van der Waals surface area contributed by atoms with Crippen LogP contribution >= 0.6 is 11.3 Å². The summed E-state index contributed by atoms with van der Waals surface area (Å²) in [7, 11) is 0. The number of nitrogens with zero attached hydrogens (tertiary/aromatic N) is 2. The predicted octanol–water partition coefficient (Wildman–Crippen LogP) is 5.63. The van der Waals surface area contributed by atoms with Crippen molar-refractivity contribution in [2.75, 3.05) is 13.1 Å². The third kappa shape index (κ3) is 6.39. The van der Waals surface area contributed by atoms with Gasteiger partial charge in [0.15, 0.2) is 0 Å². The molecule has 1 atom stereocenters. The minimum Gasteiger partial charge on any atom is -0.389 e. The number of alkyl halides is 9. The van der Waals surface area contributed by atoms with Crippen LogP contribution in [0.1, 0.15) is 60.2 Å². The number of carbonyl (C=O) groups excluding carboxylic acids is 1. The van der Waals surface area contributed by atoms with Gasteiger partial charge in [0.05, 0.1) is 16.0 Å². The number of carbonyl (C=O) groups is 1. The van der Waals surface area contributed by atoms with E-state index in [1.54, 1.807) is 6.92 Å². The fourth-order valence-corrected chi connectivity index (χ4v) is 5.37. The zero-order valence-electron chi connectivity index (χ0n) is 21.4. The van der Waals surface area contributed by atoms with Crippen LogP contribution in [0.4, 0.5) is 39.5 Å². The van der Waals surface area contributed by atoms with E-state index in [0.717, 1.165) is 0 Å². The van der Waals surface area contributed by atoms with Crippen LogP contribution in [0.5, 0.6) is 0 Å². The van der Waals surface area contributed by atoms with Gasteiger partial charge in [-0.2, -0.15) is 39.5 Å². The monoisotopic (exact) mass is 607 g/mol. The fraction of sp³-hybridized carbons (Fsp3) is 0.583. The van der Waals surface area contributed by atoms with E-state index in [1.807, 2.05) is 0 Å². The van der Waals surface area contributed by atoms with Gasteiger partial charge in [-0.3, -0.25) is 4.79 Å². The highest BCUT2D eigenvalue weighted by molar-refractivity contribution is 7.15. The summed E-state index contributed by atoms with van der Waals surface area (Å²) < 4.78 is 123. The van der Waals surface area contributed by atoms with E-state index >= 15 is 0 Å². The molecule has 0 bridgehead atoms. The van der Waals surface area contributed by atoms with Crippen LogP contribution in [0.25, 0.3) is 10.4 Å². The van der Waals surface area contributed by atoms with Crippen LogP contribution in [-0.2, 0) is 18.3 Å². The van der Waals surface area contributed by atoms with Crippen molar-refractivity contribution in [2.24, 2.45) is 0 Å². The molecule has 1 saturated heterocycles. The summed E-state index contributed by atoms with van der Waals surface area (Å²) in [5, 5.41) is 22.5. The van der Waals surface area contributed by atoms with Crippen molar-refractivity contribution >= 4 is 17.2 Å². The van der Waals surface area contributed by atoms with Gasteiger partial charge in [0.1, 0.15) is 10.7 Å². The SMILES string of the molecule is C[C@H]1CCCN1C(=O)c1nc(CNCC(C)(C)O)sc1-c1ccc(C(O)(C(F)(F)F)C(F)(F)F)cc1C(F)(F)F. The Hall–Kier alpha value is -2.43. The highest BCUT2D eigenvalue weighted by Gasteiger charge is 2.71. The minimum atomic E-state index is -6.40. The molecule has 16 heteroatoms. The summed E-state index contributed by atoms with van der Waals surface area (Å²) >= 11 is 0.597. The lowest BCUT2D eigenvalue weighted by Gasteiger charge is -2.33. The fourth-order valence-electron chi connectivity index (χ4n) is 4.30. The van der Waals surface area contributed by atoms with E-state index in [-0.39, 0.29) is 36.8 Å². The maximum Gasteiger partial charge on any atom is 0.430 e. The Labute approximate surface area is 226 Å². The number of aromatic nitrogens is 1. The third-order valence-corrected chi connectivity index (χ3v) is 7.42. The van der Waals surface area contributed by atoms with E-state index < -0.39 is 69.0 Å². The molecule has 1 aromatic carbocycles. The number of amides is 1. The standard InChI is InChI=1S/C24H26F9N3O3S/c1-12-5-4-8-36(12)19(37)17-18(40-16(35-17)10-34-11-20(2,3)38)14-7-6-13(9-15(14)22(25,26)27)21(39,23(28,29)30)24(31,32)33/h6-7,9,12,34,38-39H,4-5,8,10-11H2,1-3H3/t12-/m0/s1. The second kappa shape index (κ2) is 10.8. The average molecular weight is 608 g/mol. The molecule has 224 valence electrons. The van der Waals surface area contributed by atoms with Gasteiger partial charge in [0.25, 0.3) is 11.5 Å². The molecule has 0 radical (unpaired) electrons. The molecule has 1 aliphatic rings. The van der Waals surface area contributed by atoms with Crippen molar-refractivity contribution < 1.29 is 54.5 Å². The summed E-state index contributed by atoms with van der Waals surface area (Å²) in [6.45, 7) is 4.89. The first-order valence-corrected chi connectivity index (χ1v) is 12.7. The molecular weight excluding hydrogens is 581 g/mol. The van der Waals surface area contributed by atoms with Crippen LogP contribution in [0, 0.1) is 0 Å². The number of halogens is 9. The number of hydrogen-bond acceptors (Lipinski definition) is 6. The quantitative estimate of drug-likeness (QED) is 0.356. The number of benzene rings is 1. The van der Waals surface area contributed by atoms with Crippen LogP contribution in [0.15, 0.2) is 18.2 Å². The molecule has 40 heavy (non-hydrogen) atoms. The maximum atomic E-state index is 14.1. The summed E-state index contributed by atoms with van der Waals surface area (Å²) in [4.78, 5) is 18.5. The summed E-state index contributed by atoms with van der Waals surface area (Å²) in [5.41, 5.74) is -12.1. The zero-order chi connectivity index (χ0) is 30.5. The van der Waals surface area contributed by atoms with E-state index in [9.17, 15) is 54.5 Å². The smallest absolute Gasteiger partial charge is 0.389 e. The Balaban J connectivity index is 2.22. The van der Waals surface area contributed by atoms with Gasteiger partial charge in [-0.25, -0.2) is 4.98 Å². The molecule has 6 nitrogen and oxygen atoms in total. The van der Waals surface area contributed by atoms with Crippen molar-refractivity contribution in [3.05, 3.63) is 40.0 Å². The first-order valence-electron chi connectivity index (χ1n) is 11.9. The van der Waals surface area contributed by atoms with Crippen LogP contribution < -0.4 is 5.32 Å². The number of aliphatic hydroxyl groups is 2. The highest BCUT2D eigenvalue weighted by Crippen LogP contribution is 2.52. The molecular formula is C24H26F9N3O3S. The number of nitrogens with one attached hydrogen (secondary N) is 1. The number of thiazole rings is 1. The van der Waals surface area contributed by atoms with Gasteiger partial charge in [-0.1, -0.05) is 12.1 Å². The Bertz CT molecular complexity index is 1220. The second-order valence-corrected chi connectivity index (χ2v) is 11.2. The van der Waals surface area contributed by atoms with Crippen molar-refractivity contribution in [1.82, 2.24) is 15.2 Å². The Morgan fingerprint density at radius 3 is 2.15 bits per heavy atom. The Morgan fingerprint density at radius 2 is 1.68 bits per heavy atom. The highest BCUT2D eigenvalue weighted by atomic mass is 32.1. The molecule has 3 N–H and O–H groups in total. The normalized spacial score (nSPS) is 17.6. The lowest BCUT2D eigenvalue weighted by Crippen LogP contribution is -2.54. The molecule has 0 aliphatic carbocycles. The number of rotatable bonds is 7. The molecule has 0 saturated carbocycles. The largest absolute Gasteiger partial charge is 0.430 e. The van der Waals surface area contributed by atoms with E-state index in [2.05, 4.69) is 10.3 Å². The van der Waals surface area contributed by atoms with Crippen LogP contribution in [-0.4, -0.2) is 63.1 Å². The molecule has 0 spiro atoms. The number of hydrogen-bond donors (Lipinski definition) is 3. The molecule has 2 aromatic rings. The first-order chi connectivity index (χ1) is 18.1. The molecule has 0 unspecified atom stereocenters. The summed E-state index contributed by atoms with van der Waals surface area (Å²) in [6.07, 6.45) is -17.0. The summed E-state index contributed by atoms with van der Waals surface area (Å²) in [6, 6.07) is -0.220. The summed E-state index contributed by atoms with van der Waals surface area (Å²) in [5.74, 6) is -0.746. The Kier molecular flexibility index (Phi) is 8.63. The molecule has 1 aromatic heterocycles. The molecule has 2 heterocycles. The van der Waals surface area contributed by atoms with Crippen LogP contribution in [0.3, 0.4) is 0 Å². The van der Waals surface area contributed by atoms with Crippen molar-refractivity contribution in [1.29, 1.82) is 0 Å². The third-order valence-electron chi connectivity index (χ3n) is 6.33. The first kappa shape index (κ1) is 32.1. The second-order valence-electron chi connectivity index (χ2n) is 10.2. The van der Waals surface area contributed by atoms with Gasteiger partial charge < -0.3 is 20.4 Å². The zero-order valence-corrected chi connectivity index (χ0v) is 22.2. The Morgan fingerprint density at radius 1 is 1.07 bits per heavy atom. The van der Waals surface area contributed by atoms with Crippen molar-refractivity contribution in [3.63, 3.8) is 0 Å². The molecule has 1 amide bonds. The van der Waals surface area contributed by atoms with Gasteiger partial charge in [-0.05, 0) is 39.7 Å². The lowest BCUT2D eigenvalue weighted by molar-refractivity contribution is -0.376.